The van der Waals surface area contributed by atoms with Gasteiger partial charge in [0.15, 0.2) is 0 Å². The number of allylic oxidation sites excluding steroid dienone is 7. The summed E-state index contributed by atoms with van der Waals surface area (Å²) >= 11 is 0. The van der Waals surface area contributed by atoms with Crippen molar-refractivity contribution >= 4 is 17.3 Å². The Morgan fingerprint density at radius 2 is 2.00 bits per heavy atom. The molecular formula is C23H25N5O. The molecule has 0 aliphatic heterocycles. The molecule has 1 aliphatic carbocycles. The lowest BCUT2D eigenvalue weighted by Gasteiger charge is -2.09. The molecule has 148 valence electrons. The molecule has 6 nitrogen and oxygen atoms in total. The third-order valence-electron chi connectivity index (χ3n) is 4.33. The average molecular weight is 387 g/mol. The molecule has 3 rings (SSSR count). The number of hydrogen-bond acceptors (Lipinski definition) is 6. The van der Waals surface area contributed by atoms with E-state index in [1.807, 2.05) is 42.5 Å². The zero-order valence-corrected chi connectivity index (χ0v) is 16.2. The highest BCUT2D eigenvalue weighted by Crippen LogP contribution is 2.26. The highest BCUT2D eigenvalue weighted by Gasteiger charge is 2.04. The van der Waals surface area contributed by atoms with Crippen LogP contribution in [0.25, 0.3) is 11.1 Å². The normalized spacial score (nSPS) is 14.4. The maximum Gasteiger partial charge on any atom is 0.222 e. The lowest BCUT2D eigenvalue weighted by Crippen LogP contribution is -2.06. The topological polar surface area (TPSA) is 96.1 Å². The van der Waals surface area contributed by atoms with E-state index in [1.54, 1.807) is 12.4 Å². The molecule has 2 aromatic rings. The van der Waals surface area contributed by atoms with Gasteiger partial charge in [0.1, 0.15) is 6.73 Å². The third-order valence-corrected chi connectivity index (χ3v) is 4.33. The molecule has 0 saturated carbocycles. The van der Waals surface area contributed by atoms with Crippen molar-refractivity contribution < 1.29 is 5.11 Å². The molecule has 1 aromatic carbocycles. The molecule has 0 fully saturated rings. The van der Waals surface area contributed by atoms with Crippen molar-refractivity contribution in [3.63, 3.8) is 0 Å². The van der Waals surface area contributed by atoms with Gasteiger partial charge in [-0.1, -0.05) is 55.2 Å². The van der Waals surface area contributed by atoms with Gasteiger partial charge in [-0.2, -0.15) is 0 Å². The Morgan fingerprint density at radius 1 is 1.17 bits per heavy atom. The van der Waals surface area contributed by atoms with Gasteiger partial charge >= 0.3 is 0 Å². The molecule has 1 heterocycles. The highest BCUT2D eigenvalue weighted by atomic mass is 16.3. The van der Waals surface area contributed by atoms with E-state index < -0.39 is 0 Å². The first-order chi connectivity index (χ1) is 14.2. The molecule has 0 radical (unpaired) electrons. The number of aliphatic hydroxyl groups excluding tert-OH is 1. The molecule has 6 heteroatoms. The Hall–Kier alpha value is -3.64. The average Bonchev–Trinajstić information content (AvgIpc) is 2.75. The molecule has 29 heavy (non-hydrogen) atoms. The highest BCUT2D eigenvalue weighted by molar-refractivity contribution is 5.75. The summed E-state index contributed by atoms with van der Waals surface area (Å²) in [5.74, 6) is 0.536. The largest absolute Gasteiger partial charge is 0.397 e. The van der Waals surface area contributed by atoms with Crippen molar-refractivity contribution in [2.24, 2.45) is 0 Å². The van der Waals surface area contributed by atoms with Crippen LogP contribution >= 0.6 is 0 Å². The number of anilines is 3. The fourth-order valence-corrected chi connectivity index (χ4v) is 2.77. The van der Waals surface area contributed by atoms with Crippen molar-refractivity contribution in [1.29, 1.82) is 0 Å². The van der Waals surface area contributed by atoms with Crippen LogP contribution in [0.1, 0.15) is 6.42 Å². The summed E-state index contributed by atoms with van der Waals surface area (Å²) in [7, 11) is 0. The van der Waals surface area contributed by atoms with Gasteiger partial charge in [-0.25, -0.2) is 9.97 Å². The SMILES string of the molecule is C=C(/C=C\C=C1\C=CC=CC1)CNc1ncc(-c2ccc(NCO)c(N)c2)cn1. The van der Waals surface area contributed by atoms with Crippen LogP contribution in [-0.2, 0) is 0 Å². The summed E-state index contributed by atoms with van der Waals surface area (Å²) in [4.78, 5) is 8.71. The smallest absolute Gasteiger partial charge is 0.222 e. The lowest BCUT2D eigenvalue weighted by atomic mass is 10.1. The molecule has 1 aliphatic rings. The Kier molecular flexibility index (Phi) is 6.97. The number of hydrogen-bond donors (Lipinski definition) is 4. The molecule has 1 aromatic heterocycles. The first kappa shape index (κ1) is 20.1. The zero-order chi connectivity index (χ0) is 20.5. The van der Waals surface area contributed by atoms with E-state index in [9.17, 15) is 0 Å². The van der Waals surface area contributed by atoms with Gasteiger partial charge in [-0.15, -0.1) is 0 Å². The van der Waals surface area contributed by atoms with E-state index in [0.717, 1.165) is 23.1 Å². The summed E-state index contributed by atoms with van der Waals surface area (Å²) < 4.78 is 0. The Bertz CT molecular complexity index is 971. The van der Waals surface area contributed by atoms with Crippen LogP contribution in [0.5, 0.6) is 0 Å². The van der Waals surface area contributed by atoms with Crippen LogP contribution < -0.4 is 16.4 Å². The number of rotatable bonds is 8. The summed E-state index contributed by atoms with van der Waals surface area (Å²) in [5, 5.41) is 14.9. The summed E-state index contributed by atoms with van der Waals surface area (Å²) in [5.41, 5.74) is 11.2. The van der Waals surface area contributed by atoms with Gasteiger partial charge in [0.05, 0.1) is 11.4 Å². The first-order valence-corrected chi connectivity index (χ1v) is 9.34. The predicted octanol–water partition coefficient (Wildman–Crippen LogP) is 4.05. The second-order valence-electron chi connectivity index (χ2n) is 6.54. The van der Waals surface area contributed by atoms with Crippen LogP contribution in [0, 0.1) is 0 Å². The number of nitrogens with one attached hydrogen (secondary N) is 2. The fraction of sp³-hybridized carbons (Fsp3) is 0.130. The van der Waals surface area contributed by atoms with E-state index >= 15 is 0 Å². The molecule has 0 saturated heterocycles. The minimum Gasteiger partial charge on any atom is -0.397 e. The van der Waals surface area contributed by atoms with Crippen LogP contribution in [0.4, 0.5) is 17.3 Å². The second kappa shape index (κ2) is 10.1. The standard InChI is InChI=1S/C23H25N5O/c1-17(6-5-9-18-7-3-2-4-8-18)13-25-23-26-14-20(15-27-23)19-10-11-22(28-16-29)21(24)12-19/h2-7,9-12,14-15,28-29H,1,8,13,16,24H2,(H,25,26,27)/b6-5-,18-9-. The van der Waals surface area contributed by atoms with Crippen molar-refractivity contribution in [3.8, 4) is 11.1 Å². The van der Waals surface area contributed by atoms with Gasteiger partial charge in [-0.3, -0.25) is 0 Å². The molecule has 0 spiro atoms. The Balaban J connectivity index is 1.54. The third kappa shape index (κ3) is 5.92. The minimum atomic E-state index is -0.167. The van der Waals surface area contributed by atoms with Crippen LogP contribution in [0.3, 0.4) is 0 Å². The number of nitrogen functional groups attached to an aromatic ring is 1. The van der Waals surface area contributed by atoms with E-state index in [0.29, 0.717) is 23.9 Å². The Labute approximate surface area is 170 Å². The van der Waals surface area contributed by atoms with Crippen molar-refractivity contribution in [2.45, 2.75) is 6.42 Å². The van der Waals surface area contributed by atoms with E-state index in [4.69, 9.17) is 10.8 Å². The quantitative estimate of drug-likeness (QED) is 0.310. The molecule has 0 unspecified atom stereocenters. The van der Waals surface area contributed by atoms with Crippen LogP contribution in [0.2, 0.25) is 0 Å². The predicted molar refractivity (Wildman–Crippen MR) is 120 cm³/mol. The van der Waals surface area contributed by atoms with Gasteiger partial charge in [0, 0.05) is 24.5 Å². The van der Waals surface area contributed by atoms with E-state index in [-0.39, 0.29) is 6.73 Å². The maximum atomic E-state index is 8.95. The molecular weight excluding hydrogens is 362 g/mol. The monoisotopic (exact) mass is 387 g/mol. The summed E-state index contributed by atoms with van der Waals surface area (Å²) in [6.45, 7) is 4.44. The number of nitrogens with two attached hydrogens (primary N) is 1. The Morgan fingerprint density at radius 3 is 2.69 bits per heavy atom. The molecule has 0 atom stereocenters. The minimum absolute atomic E-state index is 0.167. The van der Waals surface area contributed by atoms with Crippen LogP contribution in [0.15, 0.2) is 90.9 Å². The number of aliphatic hydroxyl groups is 1. The van der Waals surface area contributed by atoms with Gasteiger partial charge in [0.25, 0.3) is 0 Å². The van der Waals surface area contributed by atoms with Gasteiger partial charge < -0.3 is 21.5 Å². The number of aromatic nitrogens is 2. The molecule has 0 amide bonds. The summed E-state index contributed by atoms with van der Waals surface area (Å²) in [6.07, 6.45) is 18.8. The maximum absolute atomic E-state index is 8.95. The van der Waals surface area contributed by atoms with Crippen molar-refractivity contribution in [3.05, 3.63) is 90.9 Å². The zero-order valence-electron chi connectivity index (χ0n) is 16.2. The first-order valence-electron chi connectivity index (χ1n) is 9.34. The van der Waals surface area contributed by atoms with E-state index in [2.05, 4.69) is 45.4 Å². The van der Waals surface area contributed by atoms with Gasteiger partial charge in [0.2, 0.25) is 5.95 Å². The van der Waals surface area contributed by atoms with Crippen LogP contribution in [-0.4, -0.2) is 28.4 Å². The van der Waals surface area contributed by atoms with Gasteiger partial charge in [-0.05, 0) is 35.3 Å². The number of nitrogens with zero attached hydrogens (tertiary/aromatic N) is 2. The fourth-order valence-electron chi connectivity index (χ4n) is 2.77. The summed E-state index contributed by atoms with van der Waals surface area (Å²) in [6, 6.07) is 5.54. The van der Waals surface area contributed by atoms with Crippen molar-refractivity contribution in [2.75, 3.05) is 29.6 Å². The molecule has 5 N–H and O–H groups in total. The molecule has 0 bridgehead atoms. The lowest BCUT2D eigenvalue weighted by molar-refractivity contribution is 0.326. The van der Waals surface area contributed by atoms with E-state index in [1.165, 1.54) is 5.57 Å². The second-order valence-corrected chi connectivity index (χ2v) is 6.54. The number of benzene rings is 1. The van der Waals surface area contributed by atoms with Crippen molar-refractivity contribution in [1.82, 2.24) is 9.97 Å².